The number of hydrogen-bond acceptors (Lipinski definition) is 3. The van der Waals surface area contributed by atoms with Gasteiger partial charge in [-0.15, -0.1) is 0 Å². The Morgan fingerprint density at radius 1 is 0.842 bits per heavy atom. The molecular weight excluding hydrogens is 234 g/mol. The molecule has 0 aliphatic heterocycles. The number of rotatable bonds is 4. The third-order valence-corrected chi connectivity index (χ3v) is 2.98. The summed E-state index contributed by atoms with van der Waals surface area (Å²) >= 11 is 0. The van der Waals surface area contributed by atoms with Crippen molar-refractivity contribution in [2.24, 2.45) is 0 Å². The average molecular weight is 255 g/mol. The highest BCUT2D eigenvalue weighted by Gasteiger charge is 2.03. The summed E-state index contributed by atoms with van der Waals surface area (Å²) in [6.07, 6.45) is 3.73. The van der Waals surface area contributed by atoms with Gasteiger partial charge in [0, 0.05) is 24.0 Å². The number of aromatic nitrogens is 2. The van der Waals surface area contributed by atoms with Crippen LogP contribution in [0.3, 0.4) is 0 Å². The Hall–Kier alpha value is -1.90. The zero-order valence-corrected chi connectivity index (χ0v) is 12.0. The van der Waals surface area contributed by atoms with Crippen LogP contribution >= 0.6 is 0 Å². The van der Waals surface area contributed by atoms with Gasteiger partial charge in [0.15, 0.2) is 0 Å². The Kier molecular flexibility index (Phi) is 4.15. The molecule has 0 saturated heterocycles. The second-order valence-electron chi connectivity index (χ2n) is 5.37. The van der Waals surface area contributed by atoms with E-state index in [4.69, 9.17) is 0 Å². The molecule has 2 aromatic rings. The van der Waals surface area contributed by atoms with Gasteiger partial charge in [0.2, 0.25) is 5.95 Å². The summed E-state index contributed by atoms with van der Waals surface area (Å²) in [5, 5.41) is 3.19. The van der Waals surface area contributed by atoms with Gasteiger partial charge in [-0.05, 0) is 30.9 Å². The molecule has 0 unspecified atom stereocenters. The molecular formula is C16H21N3. The molecule has 1 heterocycles. The van der Waals surface area contributed by atoms with E-state index >= 15 is 0 Å². The fourth-order valence-corrected chi connectivity index (χ4v) is 1.87. The van der Waals surface area contributed by atoms with E-state index in [1.165, 1.54) is 5.56 Å². The Morgan fingerprint density at radius 3 is 1.89 bits per heavy atom. The van der Waals surface area contributed by atoms with Crippen molar-refractivity contribution >= 4 is 5.95 Å². The summed E-state index contributed by atoms with van der Waals surface area (Å²) in [6.45, 7) is 8.54. The van der Waals surface area contributed by atoms with Crippen LogP contribution in [0.5, 0.6) is 0 Å². The lowest BCUT2D eigenvalue weighted by molar-refractivity contribution is 0.867. The minimum atomic E-state index is 0.344. The predicted octanol–water partition coefficient (Wildman–Crippen LogP) is 4.09. The number of anilines is 1. The molecule has 2 rings (SSSR count). The monoisotopic (exact) mass is 255 g/mol. The normalized spacial score (nSPS) is 11.1. The van der Waals surface area contributed by atoms with Gasteiger partial charge in [-0.1, -0.05) is 38.1 Å². The summed E-state index contributed by atoms with van der Waals surface area (Å²) in [6, 6.07) is 8.93. The van der Waals surface area contributed by atoms with Crippen LogP contribution in [0.1, 0.15) is 39.2 Å². The van der Waals surface area contributed by atoms with Crippen molar-refractivity contribution in [2.75, 3.05) is 5.32 Å². The van der Waals surface area contributed by atoms with Crippen molar-refractivity contribution in [1.29, 1.82) is 0 Å². The molecule has 100 valence electrons. The highest BCUT2D eigenvalue weighted by atomic mass is 15.1. The van der Waals surface area contributed by atoms with Crippen LogP contribution in [0.4, 0.5) is 5.95 Å². The standard InChI is InChI=1S/C16H21N3/c1-11(2)13-5-7-14(8-6-13)15-9-17-16(18-10-15)19-12(3)4/h5-12H,1-4H3,(H,17,18,19). The van der Waals surface area contributed by atoms with E-state index in [1.54, 1.807) is 0 Å². The van der Waals surface area contributed by atoms with Gasteiger partial charge < -0.3 is 5.32 Å². The number of nitrogens with one attached hydrogen (secondary N) is 1. The van der Waals surface area contributed by atoms with Crippen LogP contribution in [-0.4, -0.2) is 16.0 Å². The first-order chi connectivity index (χ1) is 9.06. The van der Waals surface area contributed by atoms with Crippen LogP contribution in [0, 0.1) is 0 Å². The topological polar surface area (TPSA) is 37.8 Å². The van der Waals surface area contributed by atoms with Crippen molar-refractivity contribution < 1.29 is 0 Å². The van der Waals surface area contributed by atoms with E-state index in [0.29, 0.717) is 17.9 Å². The van der Waals surface area contributed by atoms with Crippen molar-refractivity contribution in [2.45, 2.75) is 39.7 Å². The van der Waals surface area contributed by atoms with Crippen molar-refractivity contribution in [3.8, 4) is 11.1 Å². The highest BCUT2D eigenvalue weighted by Crippen LogP contribution is 2.21. The van der Waals surface area contributed by atoms with Crippen LogP contribution in [0.15, 0.2) is 36.7 Å². The smallest absolute Gasteiger partial charge is 0.222 e. The Bertz CT molecular complexity index is 513. The lowest BCUT2D eigenvalue weighted by Gasteiger charge is -2.09. The third-order valence-electron chi connectivity index (χ3n) is 2.98. The van der Waals surface area contributed by atoms with Crippen LogP contribution in [0.2, 0.25) is 0 Å². The Balaban J connectivity index is 2.17. The molecule has 3 nitrogen and oxygen atoms in total. The molecule has 19 heavy (non-hydrogen) atoms. The Labute approximate surface area is 115 Å². The first kappa shape index (κ1) is 13.5. The number of benzene rings is 1. The largest absolute Gasteiger partial charge is 0.352 e. The second kappa shape index (κ2) is 5.83. The van der Waals surface area contributed by atoms with E-state index in [2.05, 4.69) is 67.2 Å². The maximum Gasteiger partial charge on any atom is 0.222 e. The predicted molar refractivity (Wildman–Crippen MR) is 80.3 cm³/mol. The fourth-order valence-electron chi connectivity index (χ4n) is 1.87. The molecule has 0 spiro atoms. The highest BCUT2D eigenvalue weighted by molar-refractivity contribution is 5.62. The second-order valence-corrected chi connectivity index (χ2v) is 5.37. The van der Waals surface area contributed by atoms with Gasteiger partial charge in [-0.3, -0.25) is 0 Å². The summed E-state index contributed by atoms with van der Waals surface area (Å²) in [7, 11) is 0. The molecule has 0 aliphatic rings. The summed E-state index contributed by atoms with van der Waals surface area (Å²) in [5.74, 6) is 1.24. The zero-order valence-electron chi connectivity index (χ0n) is 12.0. The molecule has 0 radical (unpaired) electrons. The maximum atomic E-state index is 4.33. The van der Waals surface area contributed by atoms with Crippen molar-refractivity contribution in [3.63, 3.8) is 0 Å². The summed E-state index contributed by atoms with van der Waals surface area (Å²) < 4.78 is 0. The fraction of sp³-hybridized carbons (Fsp3) is 0.375. The third kappa shape index (κ3) is 3.53. The quantitative estimate of drug-likeness (QED) is 0.894. The van der Waals surface area contributed by atoms with Gasteiger partial charge in [-0.25, -0.2) is 9.97 Å². The Morgan fingerprint density at radius 2 is 1.42 bits per heavy atom. The minimum absolute atomic E-state index is 0.344. The first-order valence-electron chi connectivity index (χ1n) is 6.75. The molecule has 1 N–H and O–H groups in total. The molecule has 0 saturated carbocycles. The molecule has 3 heteroatoms. The summed E-state index contributed by atoms with van der Waals surface area (Å²) in [4.78, 5) is 8.66. The van der Waals surface area contributed by atoms with Gasteiger partial charge in [0.25, 0.3) is 0 Å². The summed E-state index contributed by atoms with van der Waals surface area (Å²) in [5.41, 5.74) is 3.55. The average Bonchev–Trinajstić information content (AvgIpc) is 2.39. The van der Waals surface area contributed by atoms with Crippen LogP contribution in [0.25, 0.3) is 11.1 Å². The lowest BCUT2D eigenvalue weighted by Crippen LogP contribution is -2.12. The van der Waals surface area contributed by atoms with E-state index in [0.717, 1.165) is 11.1 Å². The van der Waals surface area contributed by atoms with Crippen LogP contribution in [-0.2, 0) is 0 Å². The molecule has 0 amide bonds. The van der Waals surface area contributed by atoms with E-state index in [-0.39, 0.29) is 0 Å². The molecule has 1 aromatic carbocycles. The number of nitrogens with zero attached hydrogens (tertiary/aromatic N) is 2. The minimum Gasteiger partial charge on any atom is -0.352 e. The van der Waals surface area contributed by atoms with Gasteiger partial charge in [0.1, 0.15) is 0 Å². The zero-order chi connectivity index (χ0) is 13.8. The van der Waals surface area contributed by atoms with Crippen molar-refractivity contribution in [3.05, 3.63) is 42.2 Å². The molecule has 0 aliphatic carbocycles. The molecule has 0 fully saturated rings. The van der Waals surface area contributed by atoms with Gasteiger partial charge >= 0.3 is 0 Å². The van der Waals surface area contributed by atoms with Gasteiger partial charge in [-0.2, -0.15) is 0 Å². The molecule has 0 atom stereocenters. The van der Waals surface area contributed by atoms with E-state index in [1.807, 2.05) is 12.4 Å². The van der Waals surface area contributed by atoms with Crippen molar-refractivity contribution in [1.82, 2.24) is 9.97 Å². The first-order valence-corrected chi connectivity index (χ1v) is 6.75. The number of hydrogen-bond donors (Lipinski definition) is 1. The maximum absolute atomic E-state index is 4.33. The SMILES string of the molecule is CC(C)Nc1ncc(-c2ccc(C(C)C)cc2)cn1. The van der Waals surface area contributed by atoms with Crippen LogP contribution < -0.4 is 5.32 Å². The molecule has 1 aromatic heterocycles. The lowest BCUT2D eigenvalue weighted by atomic mass is 10.00. The van der Waals surface area contributed by atoms with Gasteiger partial charge in [0.05, 0.1) is 0 Å². The van der Waals surface area contributed by atoms with E-state index < -0.39 is 0 Å². The van der Waals surface area contributed by atoms with E-state index in [9.17, 15) is 0 Å². The molecule has 0 bridgehead atoms.